The number of nitrogens with two attached hydrogens (primary N) is 1. The largest absolute Gasteiger partial charge is 0.493 e. The van der Waals surface area contributed by atoms with Crippen LogP contribution in [0.3, 0.4) is 0 Å². The molecule has 0 unspecified atom stereocenters. The van der Waals surface area contributed by atoms with Crippen LogP contribution in [0, 0.1) is 5.92 Å². The van der Waals surface area contributed by atoms with Crippen LogP contribution >= 0.6 is 0 Å². The minimum absolute atomic E-state index is 0.314. The topological polar surface area (TPSA) is 91.0 Å². The van der Waals surface area contributed by atoms with E-state index >= 15 is 0 Å². The van der Waals surface area contributed by atoms with E-state index in [0.29, 0.717) is 35.8 Å². The molecule has 0 atom stereocenters. The first-order chi connectivity index (χ1) is 12.7. The van der Waals surface area contributed by atoms with E-state index in [1.807, 2.05) is 18.2 Å². The summed E-state index contributed by atoms with van der Waals surface area (Å²) in [5.41, 5.74) is 7.74. The van der Waals surface area contributed by atoms with Crippen molar-refractivity contribution in [1.29, 1.82) is 0 Å². The van der Waals surface area contributed by atoms with Crippen molar-refractivity contribution in [2.75, 3.05) is 26.1 Å². The van der Waals surface area contributed by atoms with Crippen molar-refractivity contribution in [3.05, 3.63) is 42.1 Å². The first-order valence-corrected chi connectivity index (χ1v) is 8.54. The van der Waals surface area contributed by atoms with Gasteiger partial charge in [-0.15, -0.1) is 0 Å². The summed E-state index contributed by atoms with van der Waals surface area (Å²) < 4.78 is 16.2. The summed E-state index contributed by atoms with van der Waals surface area (Å²) in [7, 11) is 3.18. The molecule has 0 amide bonds. The lowest BCUT2D eigenvalue weighted by atomic mass is 10.2. The summed E-state index contributed by atoms with van der Waals surface area (Å²) in [6.45, 7) is 1.18. The van der Waals surface area contributed by atoms with Gasteiger partial charge in [-0.25, -0.2) is 9.98 Å². The summed E-state index contributed by atoms with van der Waals surface area (Å²) >= 11 is 0. The van der Waals surface area contributed by atoms with Gasteiger partial charge in [-0.05, 0) is 42.5 Å². The van der Waals surface area contributed by atoms with Crippen molar-refractivity contribution in [3.63, 3.8) is 0 Å². The monoisotopic (exact) mass is 356 g/mol. The summed E-state index contributed by atoms with van der Waals surface area (Å²) in [6.07, 6.45) is 4.23. The molecule has 138 valence electrons. The molecule has 1 saturated carbocycles. The first-order valence-electron chi connectivity index (χ1n) is 8.54. The second kappa shape index (κ2) is 8.42. The predicted octanol–water partition coefficient (Wildman–Crippen LogP) is 2.81. The molecular formula is C19H24N4O3. The van der Waals surface area contributed by atoms with E-state index in [2.05, 4.69) is 15.3 Å². The molecule has 0 bridgehead atoms. The van der Waals surface area contributed by atoms with E-state index in [1.54, 1.807) is 32.5 Å². The van der Waals surface area contributed by atoms with Crippen LogP contribution in [-0.2, 0) is 6.54 Å². The molecule has 2 aromatic rings. The van der Waals surface area contributed by atoms with Crippen LogP contribution in [0.25, 0.3) is 0 Å². The highest BCUT2D eigenvalue weighted by Crippen LogP contribution is 2.30. The Morgan fingerprint density at radius 1 is 1.19 bits per heavy atom. The molecule has 7 heteroatoms. The normalized spacial score (nSPS) is 14.0. The molecule has 7 nitrogen and oxygen atoms in total. The molecule has 0 radical (unpaired) electrons. The molecule has 0 saturated heterocycles. The Balaban J connectivity index is 1.58. The van der Waals surface area contributed by atoms with Crippen LogP contribution in [0.2, 0.25) is 0 Å². The number of guanidine groups is 1. The van der Waals surface area contributed by atoms with Gasteiger partial charge in [0.1, 0.15) is 0 Å². The fourth-order valence-corrected chi connectivity index (χ4v) is 2.39. The Kier molecular flexibility index (Phi) is 5.78. The Morgan fingerprint density at radius 3 is 2.73 bits per heavy atom. The van der Waals surface area contributed by atoms with Crippen LogP contribution < -0.4 is 25.3 Å². The minimum Gasteiger partial charge on any atom is -0.493 e. The summed E-state index contributed by atoms with van der Waals surface area (Å²) in [4.78, 5) is 8.59. The third-order valence-corrected chi connectivity index (χ3v) is 4.05. The number of methoxy groups -OCH3 is 2. The maximum atomic E-state index is 5.98. The number of nitrogens with one attached hydrogen (secondary N) is 1. The molecule has 26 heavy (non-hydrogen) atoms. The molecule has 0 aliphatic heterocycles. The maximum absolute atomic E-state index is 5.98. The van der Waals surface area contributed by atoms with Crippen molar-refractivity contribution in [2.45, 2.75) is 19.4 Å². The summed E-state index contributed by atoms with van der Waals surface area (Å²) in [6, 6.07) is 9.25. The van der Waals surface area contributed by atoms with Gasteiger partial charge in [0, 0.05) is 24.0 Å². The lowest BCUT2D eigenvalue weighted by Crippen LogP contribution is -2.22. The van der Waals surface area contributed by atoms with Gasteiger partial charge in [-0.1, -0.05) is 0 Å². The second-order valence-electron chi connectivity index (χ2n) is 6.15. The zero-order valence-corrected chi connectivity index (χ0v) is 15.1. The first kappa shape index (κ1) is 17.8. The van der Waals surface area contributed by atoms with Gasteiger partial charge in [0.05, 0.1) is 27.4 Å². The third kappa shape index (κ3) is 5.02. The maximum Gasteiger partial charge on any atom is 0.213 e. The molecule has 1 fully saturated rings. The quantitative estimate of drug-likeness (QED) is 0.558. The van der Waals surface area contributed by atoms with E-state index in [-0.39, 0.29) is 0 Å². The molecule has 3 N–H and O–H groups in total. The van der Waals surface area contributed by atoms with Crippen molar-refractivity contribution in [1.82, 2.24) is 4.98 Å². The zero-order chi connectivity index (χ0) is 18.4. The third-order valence-electron chi connectivity index (χ3n) is 4.05. The van der Waals surface area contributed by atoms with Crippen molar-refractivity contribution in [3.8, 4) is 17.4 Å². The second-order valence-corrected chi connectivity index (χ2v) is 6.15. The average Bonchev–Trinajstić information content (AvgIpc) is 3.49. The van der Waals surface area contributed by atoms with Gasteiger partial charge < -0.3 is 25.3 Å². The van der Waals surface area contributed by atoms with Crippen LogP contribution in [0.1, 0.15) is 18.4 Å². The molecule has 1 aromatic carbocycles. The van der Waals surface area contributed by atoms with Gasteiger partial charge >= 0.3 is 0 Å². The molecule has 0 spiro atoms. The fraction of sp³-hybridized carbons (Fsp3) is 0.368. The summed E-state index contributed by atoms with van der Waals surface area (Å²) in [5.74, 6) is 2.92. The molecule has 1 aliphatic rings. The number of hydrogen-bond acceptors (Lipinski definition) is 5. The van der Waals surface area contributed by atoms with E-state index in [0.717, 1.165) is 17.9 Å². The van der Waals surface area contributed by atoms with Crippen molar-refractivity contribution < 1.29 is 14.2 Å². The number of hydrogen-bond donors (Lipinski definition) is 2. The predicted molar refractivity (Wildman–Crippen MR) is 101 cm³/mol. The SMILES string of the molecule is COc1ccc(NC(N)=NCc2ccnc(OCC3CC3)c2)cc1OC. The molecule has 1 heterocycles. The number of aromatic nitrogens is 1. The number of nitrogens with zero attached hydrogens (tertiary/aromatic N) is 2. The molecular weight excluding hydrogens is 332 g/mol. The standard InChI is InChI=1S/C19H24N4O3/c1-24-16-6-5-15(10-17(16)25-2)23-19(20)22-11-14-7-8-21-18(9-14)26-12-13-3-4-13/h5-10,13H,3-4,11-12H2,1-2H3,(H3,20,22,23). The van der Waals surface area contributed by atoms with Gasteiger partial charge in [0.25, 0.3) is 0 Å². The van der Waals surface area contributed by atoms with Crippen LogP contribution in [-0.4, -0.2) is 31.8 Å². The molecule has 3 rings (SSSR count). The van der Waals surface area contributed by atoms with Crippen LogP contribution in [0.5, 0.6) is 17.4 Å². The Hall–Kier alpha value is -2.96. The van der Waals surface area contributed by atoms with Gasteiger partial charge in [0.15, 0.2) is 17.5 Å². The van der Waals surface area contributed by atoms with Gasteiger partial charge in [-0.3, -0.25) is 0 Å². The number of aliphatic imine (C=N–C) groups is 1. The van der Waals surface area contributed by atoms with Gasteiger partial charge in [0.2, 0.25) is 5.88 Å². The highest BCUT2D eigenvalue weighted by molar-refractivity contribution is 5.92. The van der Waals surface area contributed by atoms with Crippen molar-refractivity contribution >= 4 is 11.6 Å². The number of rotatable bonds is 8. The van der Waals surface area contributed by atoms with Crippen molar-refractivity contribution in [2.24, 2.45) is 16.6 Å². The van der Waals surface area contributed by atoms with E-state index in [9.17, 15) is 0 Å². The highest BCUT2D eigenvalue weighted by atomic mass is 16.5. The van der Waals surface area contributed by atoms with Gasteiger partial charge in [-0.2, -0.15) is 0 Å². The minimum atomic E-state index is 0.314. The van der Waals surface area contributed by atoms with E-state index in [1.165, 1.54) is 12.8 Å². The molecule has 1 aliphatic carbocycles. The average molecular weight is 356 g/mol. The zero-order valence-electron chi connectivity index (χ0n) is 15.1. The van der Waals surface area contributed by atoms with Crippen LogP contribution in [0.4, 0.5) is 5.69 Å². The Labute approximate surface area is 153 Å². The number of benzene rings is 1. The Morgan fingerprint density at radius 2 is 2.00 bits per heavy atom. The Bertz CT molecular complexity index is 775. The highest BCUT2D eigenvalue weighted by Gasteiger charge is 2.22. The van der Waals surface area contributed by atoms with E-state index < -0.39 is 0 Å². The summed E-state index contributed by atoms with van der Waals surface area (Å²) in [5, 5.41) is 3.05. The number of pyridine rings is 1. The number of ether oxygens (including phenoxy) is 3. The number of anilines is 1. The molecule has 1 aromatic heterocycles. The fourth-order valence-electron chi connectivity index (χ4n) is 2.39. The van der Waals surface area contributed by atoms with E-state index in [4.69, 9.17) is 19.9 Å². The lowest BCUT2D eigenvalue weighted by molar-refractivity contribution is 0.288. The lowest BCUT2D eigenvalue weighted by Gasteiger charge is -2.11. The smallest absolute Gasteiger partial charge is 0.213 e. The van der Waals surface area contributed by atoms with Crippen LogP contribution in [0.15, 0.2) is 41.5 Å².